The summed E-state index contributed by atoms with van der Waals surface area (Å²) in [5.41, 5.74) is 7.18. The van der Waals surface area contributed by atoms with Crippen molar-refractivity contribution in [2.24, 2.45) is 5.92 Å². The number of likely N-dealkylation sites (tertiary alicyclic amines) is 1. The fourth-order valence-corrected chi connectivity index (χ4v) is 4.22. The van der Waals surface area contributed by atoms with Gasteiger partial charge in [-0.25, -0.2) is 0 Å². The van der Waals surface area contributed by atoms with E-state index in [-0.39, 0.29) is 11.8 Å². The van der Waals surface area contributed by atoms with Crippen molar-refractivity contribution in [3.8, 4) is 11.8 Å². The van der Waals surface area contributed by atoms with Gasteiger partial charge in [-0.15, -0.1) is 0 Å². The fourth-order valence-electron chi connectivity index (χ4n) is 4.09. The zero-order chi connectivity index (χ0) is 23.4. The molecule has 1 atom stereocenters. The van der Waals surface area contributed by atoms with E-state index in [4.69, 9.17) is 16.7 Å². The smallest absolute Gasteiger partial charge is 0.309 e. The molecule has 0 aliphatic carbocycles. The largest absolute Gasteiger partial charge is 0.481 e. The Morgan fingerprint density at radius 1 is 1.00 bits per heavy atom. The molecule has 168 valence electrons. The number of hydrogen-bond acceptors (Lipinski definition) is 2. The van der Waals surface area contributed by atoms with Crippen molar-refractivity contribution in [1.29, 1.82) is 0 Å². The summed E-state index contributed by atoms with van der Waals surface area (Å²) in [6.45, 7) is 6.30. The van der Waals surface area contributed by atoms with E-state index in [1.807, 2.05) is 24.3 Å². The quantitative estimate of drug-likeness (QED) is 0.472. The molecule has 4 heteroatoms. The number of aliphatic carboxylic acids is 1. The van der Waals surface area contributed by atoms with Crippen LogP contribution in [0.15, 0.2) is 66.7 Å². The Bertz CT molecular complexity index is 1180. The summed E-state index contributed by atoms with van der Waals surface area (Å²) in [5, 5.41) is 9.75. The molecule has 1 unspecified atom stereocenters. The average molecular weight is 458 g/mol. The van der Waals surface area contributed by atoms with Crippen LogP contribution >= 0.6 is 11.6 Å². The van der Waals surface area contributed by atoms with Crippen LogP contribution in [-0.4, -0.2) is 29.1 Å². The van der Waals surface area contributed by atoms with Crippen LogP contribution in [0.3, 0.4) is 0 Å². The molecular formula is C29H28ClNO2. The summed E-state index contributed by atoms with van der Waals surface area (Å²) in [6, 6.07) is 22.8. The number of benzene rings is 3. The van der Waals surface area contributed by atoms with Crippen LogP contribution in [0.1, 0.15) is 39.3 Å². The van der Waals surface area contributed by atoms with Crippen molar-refractivity contribution in [3.05, 3.63) is 105 Å². The number of halogens is 1. The molecule has 1 heterocycles. The Balaban J connectivity index is 1.48. The Hall–Kier alpha value is -3.06. The highest BCUT2D eigenvalue weighted by Crippen LogP contribution is 2.24. The number of carboxylic acids is 1. The Morgan fingerprint density at radius 3 is 2.30 bits per heavy atom. The third kappa shape index (κ3) is 6.05. The van der Waals surface area contributed by atoms with Gasteiger partial charge in [-0.1, -0.05) is 65.9 Å². The zero-order valence-corrected chi connectivity index (χ0v) is 19.8. The maximum atomic E-state index is 11.0. The molecule has 4 rings (SSSR count). The topological polar surface area (TPSA) is 40.5 Å². The van der Waals surface area contributed by atoms with E-state index in [0.29, 0.717) is 13.1 Å². The molecular weight excluding hydrogens is 430 g/mol. The van der Waals surface area contributed by atoms with E-state index in [9.17, 15) is 4.79 Å². The SMILES string of the molecule is Cc1ccc(CC(C#Cc2ccc(CN3CC(C(=O)O)C3)cc2)c2ccc(Cl)cc2)cc1C. The van der Waals surface area contributed by atoms with Gasteiger partial charge in [0.15, 0.2) is 0 Å². The molecule has 1 aliphatic heterocycles. The van der Waals surface area contributed by atoms with Gasteiger partial charge < -0.3 is 5.11 Å². The number of aryl methyl sites for hydroxylation is 2. The van der Waals surface area contributed by atoms with Gasteiger partial charge >= 0.3 is 5.97 Å². The fraction of sp³-hybridized carbons (Fsp3) is 0.276. The zero-order valence-electron chi connectivity index (χ0n) is 19.0. The van der Waals surface area contributed by atoms with Gasteiger partial charge in [0, 0.05) is 36.1 Å². The first-order valence-electron chi connectivity index (χ1n) is 11.2. The number of nitrogens with zero attached hydrogens (tertiary/aromatic N) is 1. The normalized spacial score (nSPS) is 14.8. The standard InChI is InChI=1S/C29H28ClNO2/c1-20-3-4-24(15-21(20)2)16-26(25-11-13-28(30)14-12-25)10-9-22-5-7-23(8-6-22)17-31-18-27(19-31)29(32)33/h3-8,11-15,26-27H,16-19H2,1-2H3,(H,32,33). The van der Waals surface area contributed by atoms with Crippen LogP contribution in [0, 0.1) is 31.6 Å². The Morgan fingerprint density at radius 2 is 1.67 bits per heavy atom. The molecule has 1 N–H and O–H groups in total. The molecule has 3 aromatic rings. The number of hydrogen-bond donors (Lipinski definition) is 1. The third-order valence-corrected chi connectivity index (χ3v) is 6.59. The van der Waals surface area contributed by atoms with Crippen LogP contribution in [0.2, 0.25) is 5.02 Å². The minimum atomic E-state index is -0.701. The van der Waals surface area contributed by atoms with Crippen molar-refractivity contribution in [2.75, 3.05) is 13.1 Å². The van der Waals surface area contributed by atoms with Crippen LogP contribution in [0.5, 0.6) is 0 Å². The van der Waals surface area contributed by atoms with Crippen molar-refractivity contribution < 1.29 is 9.90 Å². The van der Waals surface area contributed by atoms with Crippen LogP contribution < -0.4 is 0 Å². The second-order valence-corrected chi connectivity index (χ2v) is 9.36. The first-order valence-corrected chi connectivity index (χ1v) is 11.6. The Labute approximate surface area is 201 Å². The lowest BCUT2D eigenvalue weighted by atomic mass is 9.91. The highest BCUT2D eigenvalue weighted by molar-refractivity contribution is 6.30. The Kier molecular flexibility index (Phi) is 7.18. The monoisotopic (exact) mass is 457 g/mol. The summed E-state index contributed by atoms with van der Waals surface area (Å²) in [5.74, 6) is 5.99. The van der Waals surface area contributed by atoms with E-state index in [2.05, 4.69) is 73.1 Å². The van der Waals surface area contributed by atoms with Crippen molar-refractivity contribution >= 4 is 17.6 Å². The second-order valence-electron chi connectivity index (χ2n) is 8.92. The van der Waals surface area contributed by atoms with Crippen molar-refractivity contribution in [3.63, 3.8) is 0 Å². The van der Waals surface area contributed by atoms with E-state index in [1.54, 1.807) is 0 Å². The molecule has 33 heavy (non-hydrogen) atoms. The maximum Gasteiger partial charge on any atom is 0.309 e. The lowest BCUT2D eigenvalue weighted by Crippen LogP contribution is -2.49. The number of carboxylic acid groups (broad SMARTS) is 1. The van der Waals surface area contributed by atoms with Crippen LogP contribution in [0.25, 0.3) is 0 Å². The van der Waals surface area contributed by atoms with Gasteiger partial charge in [0.05, 0.1) is 5.92 Å². The summed E-state index contributed by atoms with van der Waals surface area (Å²) < 4.78 is 0. The highest BCUT2D eigenvalue weighted by atomic mass is 35.5. The van der Waals surface area contributed by atoms with E-state index in [1.165, 1.54) is 22.3 Å². The first kappa shape index (κ1) is 23.1. The third-order valence-electron chi connectivity index (χ3n) is 6.34. The molecule has 0 saturated carbocycles. The molecule has 0 spiro atoms. The molecule has 1 aliphatic rings. The lowest BCUT2D eigenvalue weighted by Gasteiger charge is -2.36. The highest BCUT2D eigenvalue weighted by Gasteiger charge is 2.32. The van der Waals surface area contributed by atoms with E-state index >= 15 is 0 Å². The molecule has 1 fully saturated rings. The molecule has 0 aromatic heterocycles. The predicted octanol–water partition coefficient (Wildman–Crippen LogP) is 5.85. The number of rotatable bonds is 6. The van der Waals surface area contributed by atoms with Gasteiger partial charge in [0.25, 0.3) is 0 Å². The van der Waals surface area contributed by atoms with Crippen LogP contribution in [0.4, 0.5) is 0 Å². The van der Waals surface area contributed by atoms with Gasteiger partial charge in [-0.2, -0.15) is 0 Å². The lowest BCUT2D eigenvalue weighted by molar-refractivity contribution is -0.147. The minimum absolute atomic E-state index is 0.0677. The first-order chi connectivity index (χ1) is 15.9. The summed E-state index contributed by atoms with van der Waals surface area (Å²) >= 11 is 6.11. The van der Waals surface area contributed by atoms with Crippen molar-refractivity contribution in [1.82, 2.24) is 4.90 Å². The molecule has 3 aromatic carbocycles. The molecule has 0 bridgehead atoms. The van der Waals surface area contributed by atoms with Gasteiger partial charge in [-0.3, -0.25) is 9.69 Å². The summed E-state index contributed by atoms with van der Waals surface area (Å²) in [4.78, 5) is 13.1. The van der Waals surface area contributed by atoms with Gasteiger partial charge in [0.1, 0.15) is 0 Å². The van der Waals surface area contributed by atoms with Crippen molar-refractivity contribution in [2.45, 2.75) is 32.7 Å². The maximum absolute atomic E-state index is 11.0. The molecule has 0 radical (unpaired) electrons. The molecule has 0 amide bonds. The molecule has 1 saturated heterocycles. The average Bonchev–Trinajstić information content (AvgIpc) is 2.77. The van der Waals surface area contributed by atoms with Crippen LogP contribution in [-0.2, 0) is 17.8 Å². The summed E-state index contributed by atoms with van der Waals surface area (Å²) in [7, 11) is 0. The predicted molar refractivity (Wildman–Crippen MR) is 134 cm³/mol. The number of carbonyl (C=O) groups is 1. The van der Waals surface area contributed by atoms with E-state index < -0.39 is 5.97 Å². The second kappa shape index (κ2) is 10.3. The van der Waals surface area contributed by atoms with Gasteiger partial charge in [0.2, 0.25) is 0 Å². The summed E-state index contributed by atoms with van der Waals surface area (Å²) in [6.07, 6.45) is 0.841. The molecule has 3 nitrogen and oxygen atoms in total. The van der Waals surface area contributed by atoms with E-state index in [0.717, 1.165) is 29.1 Å². The minimum Gasteiger partial charge on any atom is -0.481 e. The van der Waals surface area contributed by atoms with Gasteiger partial charge in [-0.05, 0) is 72.4 Å².